The predicted molar refractivity (Wildman–Crippen MR) is 83.2 cm³/mol. The number of nitrogens with one attached hydrogen (secondary N) is 1. The topological polar surface area (TPSA) is 64.0 Å². The second kappa shape index (κ2) is 5.96. The zero-order valence-corrected chi connectivity index (χ0v) is 14.1. The molecule has 1 aromatic heterocycles. The molecule has 2 aromatic rings. The van der Waals surface area contributed by atoms with Gasteiger partial charge in [0.2, 0.25) is 10.0 Å². The van der Waals surface area contributed by atoms with Crippen molar-refractivity contribution in [2.24, 2.45) is 7.05 Å². The molecule has 0 saturated carbocycles. The van der Waals surface area contributed by atoms with Crippen LogP contribution in [0.4, 0.5) is 0 Å². The number of hydrogen-bond donors (Lipinski definition) is 1. The molecule has 0 aliphatic heterocycles. The summed E-state index contributed by atoms with van der Waals surface area (Å²) in [4.78, 5) is -0.0316. The predicted octanol–water partition coefficient (Wildman–Crippen LogP) is 2.82. The van der Waals surface area contributed by atoms with Crippen molar-refractivity contribution in [1.82, 2.24) is 14.5 Å². The van der Waals surface area contributed by atoms with Gasteiger partial charge in [-0.05, 0) is 32.0 Å². The summed E-state index contributed by atoms with van der Waals surface area (Å²) < 4.78 is 28.9. The second-order valence-corrected chi connectivity index (χ2v) is 7.25. The van der Waals surface area contributed by atoms with Crippen LogP contribution in [0.2, 0.25) is 10.0 Å². The van der Waals surface area contributed by atoms with Crippen LogP contribution in [-0.4, -0.2) is 18.2 Å². The first-order valence-electron chi connectivity index (χ1n) is 6.16. The molecule has 2 rings (SSSR count). The number of aryl methyl sites for hydroxylation is 2. The van der Waals surface area contributed by atoms with E-state index in [1.807, 2.05) is 20.9 Å². The van der Waals surface area contributed by atoms with E-state index in [0.29, 0.717) is 5.02 Å². The lowest BCUT2D eigenvalue weighted by Gasteiger charge is -2.09. The Balaban J connectivity index is 2.28. The van der Waals surface area contributed by atoms with Gasteiger partial charge in [0.25, 0.3) is 0 Å². The Morgan fingerprint density at radius 1 is 1.29 bits per heavy atom. The molecule has 21 heavy (non-hydrogen) atoms. The van der Waals surface area contributed by atoms with Crippen LogP contribution in [-0.2, 0) is 23.6 Å². The Morgan fingerprint density at radius 2 is 1.95 bits per heavy atom. The van der Waals surface area contributed by atoms with E-state index in [1.54, 1.807) is 10.7 Å². The highest BCUT2D eigenvalue weighted by molar-refractivity contribution is 7.89. The van der Waals surface area contributed by atoms with Gasteiger partial charge in [-0.25, -0.2) is 13.1 Å². The molecule has 8 heteroatoms. The molecule has 5 nitrogen and oxygen atoms in total. The molecule has 0 atom stereocenters. The van der Waals surface area contributed by atoms with Crippen molar-refractivity contribution in [3.63, 3.8) is 0 Å². The first-order valence-corrected chi connectivity index (χ1v) is 8.40. The molecule has 0 spiro atoms. The van der Waals surface area contributed by atoms with E-state index in [1.165, 1.54) is 12.1 Å². The minimum atomic E-state index is -3.74. The van der Waals surface area contributed by atoms with Crippen molar-refractivity contribution >= 4 is 33.2 Å². The summed E-state index contributed by atoms with van der Waals surface area (Å²) in [5.74, 6) is 0. The van der Waals surface area contributed by atoms with Gasteiger partial charge >= 0.3 is 0 Å². The van der Waals surface area contributed by atoms with Crippen molar-refractivity contribution < 1.29 is 8.42 Å². The maximum absolute atomic E-state index is 12.3. The SMILES string of the molecule is Cc1nn(C)c(C)c1CNS(=O)(=O)c1cc(Cl)ccc1Cl. The lowest BCUT2D eigenvalue weighted by atomic mass is 10.2. The first kappa shape index (κ1) is 16.3. The number of nitrogens with zero attached hydrogens (tertiary/aromatic N) is 2. The number of benzene rings is 1. The summed E-state index contributed by atoms with van der Waals surface area (Å²) in [6.45, 7) is 3.87. The van der Waals surface area contributed by atoms with Crippen LogP contribution in [0.15, 0.2) is 23.1 Å². The average molecular weight is 348 g/mol. The van der Waals surface area contributed by atoms with Crippen LogP contribution in [0.5, 0.6) is 0 Å². The number of hydrogen-bond acceptors (Lipinski definition) is 3. The van der Waals surface area contributed by atoms with Crippen LogP contribution in [0.3, 0.4) is 0 Å². The molecule has 0 fully saturated rings. The van der Waals surface area contributed by atoms with Crippen molar-refractivity contribution in [2.45, 2.75) is 25.3 Å². The van der Waals surface area contributed by atoms with E-state index >= 15 is 0 Å². The van der Waals surface area contributed by atoms with Gasteiger partial charge in [0, 0.05) is 29.9 Å². The second-order valence-electron chi connectivity index (χ2n) is 4.67. The van der Waals surface area contributed by atoms with E-state index < -0.39 is 10.0 Å². The van der Waals surface area contributed by atoms with Gasteiger partial charge in [-0.2, -0.15) is 5.10 Å². The van der Waals surface area contributed by atoms with Gasteiger partial charge < -0.3 is 0 Å². The highest BCUT2D eigenvalue weighted by Gasteiger charge is 2.20. The minimum absolute atomic E-state index is 0.0316. The van der Waals surface area contributed by atoms with E-state index in [2.05, 4.69) is 9.82 Å². The van der Waals surface area contributed by atoms with Gasteiger partial charge in [-0.3, -0.25) is 4.68 Å². The van der Waals surface area contributed by atoms with Gasteiger partial charge in [-0.1, -0.05) is 23.2 Å². The van der Waals surface area contributed by atoms with Crippen molar-refractivity contribution in [3.05, 3.63) is 45.2 Å². The molecular weight excluding hydrogens is 333 g/mol. The van der Waals surface area contributed by atoms with Gasteiger partial charge in [0.05, 0.1) is 10.7 Å². The summed E-state index contributed by atoms with van der Waals surface area (Å²) in [5.41, 5.74) is 2.54. The molecule has 1 N–H and O–H groups in total. The van der Waals surface area contributed by atoms with E-state index in [4.69, 9.17) is 23.2 Å². The Morgan fingerprint density at radius 3 is 2.52 bits per heavy atom. The van der Waals surface area contributed by atoms with E-state index in [9.17, 15) is 8.42 Å². The summed E-state index contributed by atoms with van der Waals surface area (Å²) in [6, 6.07) is 4.33. The van der Waals surface area contributed by atoms with Crippen LogP contribution < -0.4 is 4.72 Å². The third kappa shape index (κ3) is 3.40. The van der Waals surface area contributed by atoms with Crippen LogP contribution in [0, 0.1) is 13.8 Å². The molecule has 0 saturated heterocycles. The third-order valence-corrected chi connectivity index (χ3v) is 5.40. The van der Waals surface area contributed by atoms with Crippen LogP contribution in [0.25, 0.3) is 0 Å². The number of sulfonamides is 1. The van der Waals surface area contributed by atoms with Gasteiger partial charge in [0.1, 0.15) is 4.90 Å². The Bertz CT molecular complexity index is 785. The molecular formula is C13H15Cl2N3O2S. The fourth-order valence-electron chi connectivity index (χ4n) is 2.00. The Kier molecular flexibility index (Phi) is 4.63. The minimum Gasteiger partial charge on any atom is -0.272 e. The Labute approximate surface area is 133 Å². The highest BCUT2D eigenvalue weighted by atomic mass is 35.5. The smallest absolute Gasteiger partial charge is 0.242 e. The molecule has 0 aliphatic rings. The Hall–Kier alpha value is -1.08. The normalized spacial score (nSPS) is 11.9. The lowest BCUT2D eigenvalue weighted by Crippen LogP contribution is -2.24. The molecule has 114 valence electrons. The number of aromatic nitrogens is 2. The summed E-state index contributed by atoms with van der Waals surface area (Å²) in [7, 11) is -1.93. The maximum atomic E-state index is 12.3. The van der Waals surface area contributed by atoms with E-state index in [0.717, 1.165) is 17.0 Å². The summed E-state index contributed by atoms with van der Waals surface area (Å²) in [5, 5.41) is 4.69. The zero-order chi connectivity index (χ0) is 15.8. The summed E-state index contributed by atoms with van der Waals surface area (Å²) in [6.07, 6.45) is 0. The zero-order valence-electron chi connectivity index (χ0n) is 11.8. The quantitative estimate of drug-likeness (QED) is 0.924. The van der Waals surface area contributed by atoms with Crippen molar-refractivity contribution in [1.29, 1.82) is 0 Å². The fourth-order valence-corrected chi connectivity index (χ4v) is 3.76. The number of halogens is 2. The lowest BCUT2D eigenvalue weighted by molar-refractivity contribution is 0.581. The number of rotatable bonds is 4. The first-order chi connectivity index (χ1) is 9.72. The fraction of sp³-hybridized carbons (Fsp3) is 0.308. The molecule has 1 aromatic carbocycles. The average Bonchev–Trinajstić information content (AvgIpc) is 2.64. The molecule has 1 heterocycles. The largest absolute Gasteiger partial charge is 0.272 e. The third-order valence-electron chi connectivity index (χ3n) is 3.28. The summed E-state index contributed by atoms with van der Waals surface area (Å²) >= 11 is 11.8. The van der Waals surface area contributed by atoms with Gasteiger partial charge in [-0.15, -0.1) is 0 Å². The molecule has 0 unspecified atom stereocenters. The molecule has 0 amide bonds. The highest BCUT2D eigenvalue weighted by Crippen LogP contribution is 2.25. The molecule has 0 aliphatic carbocycles. The monoisotopic (exact) mass is 347 g/mol. The van der Waals surface area contributed by atoms with Crippen LogP contribution >= 0.6 is 23.2 Å². The van der Waals surface area contributed by atoms with E-state index in [-0.39, 0.29) is 16.5 Å². The molecule has 0 bridgehead atoms. The molecule has 0 radical (unpaired) electrons. The van der Waals surface area contributed by atoms with Gasteiger partial charge in [0.15, 0.2) is 0 Å². The standard InChI is InChI=1S/C13H15Cl2N3O2S/c1-8-11(9(2)18(3)17-8)7-16-21(19,20)13-6-10(14)4-5-12(13)15/h4-6,16H,7H2,1-3H3. The van der Waals surface area contributed by atoms with Crippen molar-refractivity contribution in [3.8, 4) is 0 Å². The van der Waals surface area contributed by atoms with Crippen molar-refractivity contribution in [2.75, 3.05) is 0 Å². The maximum Gasteiger partial charge on any atom is 0.242 e. The van der Waals surface area contributed by atoms with Crippen LogP contribution in [0.1, 0.15) is 17.0 Å².